The van der Waals surface area contributed by atoms with Crippen molar-refractivity contribution in [3.8, 4) is 5.88 Å². The lowest BCUT2D eigenvalue weighted by atomic mass is 10.2. The van der Waals surface area contributed by atoms with Gasteiger partial charge in [0.2, 0.25) is 15.9 Å². The van der Waals surface area contributed by atoms with Crippen LogP contribution in [0.5, 0.6) is 5.88 Å². The van der Waals surface area contributed by atoms with E-state index < -0.39 is 10.0 Å². The Hall–Kier alpha value is -1.99. The lowest BCUT2D eigenvalue weighted by Gasteiger charge is -2.18. The van der Waals surface area contributed by atoms with Gasteiger partial charge in [0.1, 0.15) is 6.10 Å². The molecule has 0 bridgehead atoms. The van der Waals surface area contributed by atoms with Gasteiger partial charge in [-0.1, -0.05) is 12.1 Å². The molecular formula is C16H19N3O3S. The van der Waals surface area contributed by atoms with E-state index in [4.69, 9.17) is 4.74 Å². The van der Waals surface area contributed by atoms with Crippen LogP contribution in [0.15, 0.2) is 41.4 Å². The Bertz CT molecular complexity index is 793. The van der Waals surface area contributed by atoms with Crippen molar-refractivity contribution in [3.63, 3.8) is 0 Å². The molecule has 1 aromatic heterocycles. The molecule has 7 heteroatoms. The third-order valence-corrected chi connectivity index (χ3v) is 5.91. The normalized spacial score (nSPS) is 19.0. The molecule has 0 N–H and O–H groups in total. The predicted octanol–water partition coefficient (Wildman–Crippen LogP) is 1.94. The zero-order valence-corrected chi connectivity index (χ0v) is 14.0. The number of hydrogen-bond donors (Lipinski definition) is 0. The molecule has 1 aromatic carbocycles. The topological polar surface area (TPSA) is 72.4 Å². The molecule has 0 aliphatic carbocycles. The van der Waals surface area contributed by atoms with E-state index in [0.717, 1.165) is 11.1 Å². The summed E-state index contributed by atoms with van der Waals surface area (Å²) in [7, 11) is -3.50. The molecule has 1 fully saturated rings. The van der Waals surface area contributed by atoms with E-state index in [9.17, 15) is 8.42 Å². The summed E-state index contributed by atoms with van der Waals surface area (Å²) < 4.78 is 32.9. The molecule has 2 aromatic rings. The van der Waals surface area contributed by atoms with Crippen LogP contribution in [0.4, 0.5) is 0 Å². The fourth-order valence-corrected chi connectivity index (χ4v) is 4.45. The van der Waals surface area contributed by atoms with Gasteiger partial charge in [-0.25, -0.2) is 8.42 Å². The van der Waals surface area contributed by atoms with Gasteiger partial charge < -0.3 is 4.74 Å². The van der Waals surface area contributed by atoms with Gasteiger partial charge in [-0.15, -0.1) is 5.10 Å². The van der Waals surface area contributed by atoms with E-state index in [1.807, 2.05) is 26.0 Å². The summed E-state index contributed by atoms with van der Waals surface area (Å²) in [6.07, 6.45) is 2.01. The lowest BCUT2D eigenvalue weighted by molar-refractivity contribution is 0.204. The minimum absolute atomic E-state index is 0.202. The van der Waals surface area contributed by atoms with Crippen LogP contribution in [0.3, 0.4) is 0 Å². The first-order valence-corrected chi connectivity index (χ1v) is 8.92. The predicted molar refractivity (Wildman–Crippen MR) is 85.7 cm³/mol. The van der Waals surface area contributed by atoms with Gasteiger partial charge >= 0.3 is 0 Å². The Morgan fingerprint density at radius 1 is 1.26 bits per heavy atom. The van der Waals surface area contributed by atoms with Gasteiger partial charge in [0.25, 0.3) is 0 Å². The molecule has 1 saturated heterocycles. The van der Waals surface area contributed by atoms with Crippen LogP contribution in [0.2, 0.25) is 0 Å². The zero-order chi connectivity index (χ0) is 16.4. The Labute approximate surface area is 136 Å². The van der Waals surface area contributed by atoms with Crippen molar-refractivity contribution >= 4 is 10.0 Å². The number of ether oxygens (including phenoxy) is 1. The molecule has 1 aliphatic heterocycles. The van der Waals surface area contributed by atoms with E-state index in [-0.39, 0.29) is 6.10 Å². The maximum Gasteiger partial charge on any atom is 0.243 e. The van der Waals surface area contributed by atoms with Crippen LogP contribution in [0.25, 0.3) is 0 Å². The van der Waals surface area contributed by atoms with Gasteiger partial charge in [0.05, 0.1) is 11.4 Å². The van der Waals surface area contributed by atoms with Crippen LogP contribution in [0, 0.1) is 13.8 Å². The maximum absolute atomic E-state index is 12.8. The van der Waals surface area contributed by atoms with E-state index in [1.165, 1.54) is 4.31 Å². The monoisotopic (exact) mass is 333 g/mol. The second-order valence-electron chi connectivity index (χ2n) is 5.72. The zero-order valence-electron chi connectivity index (χ0n) is 13.1. The average molecular weight is 333 g/mol. The van der Waals surface area contributed by atoms with Crippen molar-refractivity contribution in [1.82, 2.24) is 14.5 Å². The van der Waals surface area contributed by atoms with E-state index in [0.29, 0.717) is 30.3 Å². The second kappa shape index (κ2) is 6.25. The Balaban J connectivity index is 1.76. The first-order chi connectivity index (χ1) is 11.0. The summed E-state index contributed by atoms with van der Waals surface area (Å²) in [5.41, 5.74) is 1.69. The van der Waals surface area contributed by atoms with Crippen molar-refractivity contribution in [3.05, 3.63) is 47.7 Å². The van der Waals surface area contributed by atoms with Gasteiger partial charge in [0.15, 0.2) is 0 Å². The number of sulfonamides is 1. The number of hydrogen-bond acceptors (Lipinski definition) is 5. The highest BCUT2D eigenvalue weighted by Crippen LogP contribution is 2.26. The first kappa shape index (κ1) is 15.9. The summed E-state index contributed by atoms with van der Waals surface area (Å²) in [6.45, 7) is 4.48. The van der Waals surface area contributed by atoms with E-state index >= 15 is 0 Å². The summed E-state index contributed by atoms with van der Waals surface area (Å²) in [5.74, 6) is 0.420. The van der Waals surface area contributed by atoms with Crippen molar-refractivity contribution in [2.75, 3.05) is 13.1 Å². The smallest absolute Gasteiger partial charge is 0.243 e. The fourth-order valence-electron chi connectivity index (χ4n) is 2.66. The second-order valence-corrected chi connectivity index (χ2v) is 7.63. The Morgan fingerprint density at radius 2 is 2.09 bits per heavy atom. The molecule has 0 saturated carbocycles. The number of aryl methyl sites for hydroxylation is 2. The highest BCUT2D eigenvalue weighted by Gasteiger charge is 2.34. The minimum Gasteiger partial charge on any atom is -0.472 e. The molecule has 3 rings (SSSR count). The largest absolute Gasteiger partial charge is 0.472 e. The van der Waals surface area contributed by atoms with Crippen molar-refractivity contribution < 1.29 is 13.2 Å². The van der Waals surface area contributed by atoms with Crippen LogP contribution in [-0.2, 0) is 10.0 Å². The molecule has 23 heavy (non-hydrogen) atoms. The summed E-state index contributed by atoms with van der Waals surface area (Å²) in [5, 5.41) is 7.63. The van der Waals surface area contributed by atoms with Crippen molar-refractivity contribution in [1.29, 1.82) is 0 Å². The van der Waals surface area contributed by atoms with Gasteiger partial charge in [-0.3, -0.25) is 0 Å². The molecule has 2 heterocycles. The molecule has 1 aliphatic rings. The highest BCUT2D eigenvalue weighted by atomic mass is 32.2. The molecule has 6 nitrogen and oxygen atoms in total. The summed E-state index contributed by atoms with van der Waals surface area (Å²) in [6, 6.07) is 8.93. The van der Waals surface area contributed by atoms with E-state index in [2.05, 4.69) is 10.2 Å². The molecule has 0 amide bonds. The number of nitrogens with zero attached hydrogens (tertiary/aromatic N) is 3. The average Bonchev–Trinajstić information content (AvgIpc) is 3.00. The first-order valence-electron chi connectivity index (χ1n) is 7.48. The van der Waals surface area contributed by atoms with Crippen LogP contribution in [0.1, 0.15) is 17.5 Å². The standard InChI is InChI=1S/C16H19N3O3S/c1-12-5-6-13(2)15(10-12)23(20,21)19-9-7-14(11-19)22-16-4-3-8-17-18-16/h3-6,8,10,14H,7,9,11H2,1-2H3. The minimum atomic E-state index is -3.50. The Morgan fingerprint density at radius 3 is 2.83 bits per heavy atom. The van der Waals surface area contributed by atoms with Crippen molar-refractivity contribution in [2.24, 2.45) is 0 Å². The van der Waals surface area contributed by atoms with Crippen LogP contribution >= 0.6 is 0 Å². The summed E-state index contributed by atoms with van der Waals surface area (Å²) >= 11 is 0. The van der Waals surface area contributed by atoms with Crippen LogP contribution < -0.4 is 4.74 Å². The summed E-state index contributed by atoms with van der Waals surface area (Å²) in [4.78, 5) is 0.373. The maximum atomic E-state index is 12.8. The third kappa shape index (κ3) is 3.35. The SMILES string of the molecule is Cc1ccc(C)c(S(=O)(=O)N2CCC(Oc3cccnn3)C2)c1. The van der Waals surface area contributed by atoms with Gasteiger partial charge in [-0.2, -0.15) is 9.40 Å². The molecule has 0 spiro atoms. The molecular weight excluding hydrogens is 314 g/mol. The number of aromatic nitrogens is 2. The molecule has 122 valence electrons. The molecule has 1 unspecified atom stereocenters. The number of rotatable bonds is 4. The van der Waals surface area contributed by atoms with Gasteiger partial charge in [0, 0.05) is 18.8 Å². The van der Waals surface area contributed by atoms with Crippen LogP contribution in [-0.4, -0.2) is 42.1 Å². The highest BCUT2D eigenvalue weighted by molar-refractivity contribution is 7.89. The Kier molecular flexibility index (Phi) is 4.32. The lowest BCUT2D eigenvalue weighted by Crippen LogP contribution is -2.31. The van der Waals surface area contributed by atoms with Gasteiger partial charge in [-0.05, 0) is 43.5 Å². The quantitative estimate of drug-likeness (QED) is 0.855. The number of benzene rings is 1. The van der Waals surface area contributed by atoms with E-state index in [1.54, 1.807) is 24.4 Å². The third-order valence-electron chi connectivity index (χ3n) is 3.90. The molecule has 0 radical (unpaired) electrons. The molecule has 1 atom stereocenters. The van der Waals surface area contributed by atoms with Crippen molar-refractivity contribution in [2.45, 2.75) is 31.3 Å². The fraction of sp³-hybridized carbons (Fsp3) is 0.375.